The highest BCUT2D eigenvalue weighted by Gasteiger charge is 2.28. The second-order valence-corrected chi connectivity index (χ2v) is 6.40. The molecule has 2 aromatic rings. The van der Waals surface area contributed by atoms with Crippen LogP contribution in [0.1, 0.15) is 44.0 Å². The first-order valence-electron chi connectivity index (χ1n) is 7.75. The van der Waals surface area contributed by atoms with Crippen molar-refractivity contribution in [3.63, 3.8) is 0 Å². The van der Waals surface area contributed by atoms with Crippen molar-refractivity contribution in [2.24, 2.45) is 5.92 Å². The van der Waals surface area contributed by atoms with E-state index in [9.17, 15) is 0 Å². The maximum absolute atomic E-state index is 5.45. The fraction of sp³-hybridized carbons (Fsp3) is 0.529. The van der Waals surface area contributed by atoms with Gasteiger partial charge in [-0.05, 0) is 51.3 Å². The molecule has 4 heteroatoms. The van der Waals surface area contributed by atoms with Gasteiger partial charge in [0.25, 0.3) is 0 Å². The van der Waals surface area contributed by atoms with E-state index >= 15 is 0 Å². The molecule has 1 aromatic carbocycles. The van der Waals surface area contributed by atoms with Crippen LogP contribution in [0.25, 0.3) is 0 Å². The van der Waals surface area contributed by atoms with Crippen molar-refractivity contribution in [3.05, 3.63) is 47.6 Å². The normalized spacial score (nSPS) is 19.0. The van der Waals surface area contributed by atoms with Crippen LogP contribution in [0, 0.1) is 5.92 Å². The van der Waals surface area contributed by atoms with Gasteiger partial charge in [0.2, 0.25) is 5.89 Å². The van der Waals surface area contributed by atoms with Gasteiger partial charge in [0, 0.05) is 6.42 Å². The number of nitrogens with zero attached hydrogens (tertiary/aromatic N) is 2. The van der Waals surface area contributed by atoms with Crippen molar-refractivity contribution in [2.75, 3.05) is 13.1 Å². The Morgan fingerprint density at radius 1 is 1.29 bits per heavy atom. The first kappa shape index (κ1) is 14.3. The molecular formula is C17H23N3O. The zero-order valence-corrected chi connectivity index (χ0v) is 12.8. The maximum atomic E-state index is 5.45. The summed E-state index contributed by atoms with van der Waals surface area (Å²) < 4.78 is 5.45. The molecule has 0 bridgehead atoms. The molecule has 4 nitrogen and oxygen atoms in total. The third-order valence-corrected chi connectivity index (χ3v) is 4.45. The van der Waals surface area contributed by atoms with E-state index in [0.717, 1.165) is 43.6 Å². The largest absolute Gasteiger partial charge is 0.339 e. The molecule has 2 heterocycles. The lowest BCUT2D eigenvalue weighted by atomic mass is 9.84. The molecule has 1 N–H and O–H groups in total. The molecule has 1 aliphatic heterocycles. The third-order valence-electron chi connectivity index (χ3n) is 4.45. The minimum atomic E-state index is -0.224. The number of hydrogen-bond acceptors (Lipinski definition) is 4. The predicted molar refractivity (Wildman–Crippen MR) is 82.2 cm³/mol. The van der Waals surface area contributed by atoms with Gasteiger partial charge in [0.1, 0.15) is 0 Å². The lowest BCUT2D eigenvalue weighted by Gasteiger charge is -2.20. The van der Waals surface area contributed by atoms with Crippen LogP contribution in [0.4, 0.5) is 0 Å². The number of hydrogen-bond donors (Lipinski definition) is 1. The van der Waals surface area contributed by atoms with Gasteiger partial charge in [-0.15, -0.1) is 0 Å². The number of nitrogens with one attached hydrogen (secondary N) is 1. The fourth-order valence-electron chi connectivity index (χ4n) is 2.88. The zero-order chi connectivity index (χ0) is 14.7. The van der Waals surface area contributed by atoms with E-state index in [0.29, 0.717) is 0 Å². The van der Waals surface area contributed by atoms with Gasteiger partial charge < -0.3 is 9.84 Å². The molecule has 1 saturated heterocycles. The first-order chi connectivity index (χ1) is 10.2. The van der Waals surface area contributed by atoms with Crippen molar-refractivity contribution in [1.82, 2.24) is 15.5 Å². The quantitative estimate of drug-likeness (QED) is 0.917. The van der Waals surface area contributed by atoms with Crippen LogP contribution in [0.15, 0.2) is 34.9 Å². The van der Waals surface area contributed by atoms with E-state index in [2.05, 4.69) is 41.4 Å². The van der Waals surface area contributed by atoms with Gasteiger partial charge in [0.15, 0.2) is 5.82 Å². The molecule has 1 fully saturated rings. The Morgan fingerprint density at radius 2 is 2.10 bits per heavy atom. The highest BCUT2D eigenvalue weighted by molar-refractivity contribution is 5.30. The van der Waals surface area contributed by atoms with Crippen LogP contribution in [0.5, 0.6) is 0 Å². The van der Waals surface area contributed by atoms with E-state index < -0.39 is 0 Å². The van der Waals surface area contributed by atoms with Crippen molar-refractivity contribution in [2.45, 2.75) is 38.5 Å². The molecule has 0 amide bonds. The molecule has 1 aromatic heterocycles. The molecule has 0 radical (unpaired) electrons. The van der Waals surface area contributed by atoms with Crippen molar-refractivity contribution in [3.8, 4) is 0 Å². The summed E-state index contributed by atoms with van der Waals surface area (Å²) in [6.07, 6.45) is 3.26. The molecule has 1 unspecified atom stereocenters. The Hall–Kier alpha value is -1.68. The smallest absolute Gasteiger partial charge is 0.226 e. The highest BCUT2D eigenvalue weighted by atomic mass is 16.5. The number of aromatic nitrogens is 2. The minimum Gasteiger partial charge on any atom is -0.339 e. The van der Waals surface area contributed by atoms with Crippen LogP contribution in [-0.2, 0) is 11.8 Å². The van der Waals surface area contributed by atoms with Gasteiger partial charge in [-0.2, -0.15) is 4.98 Å². The summed E-state index contributed by atoms with van der Waals surface area (Å²) in [6, 6.07) is 10.3. The van der Waals surface area contributed by atoms with E-state index in [1.54, 1.807) is 0 Å². The van der Waals surface area contributed by atoms with Crippen LogP contribution in [-0.4, -0.2) is 23.2 Å². The average molecular weight is 285 g/mol. The molecule has 0 aliphatic carbocycles. The average Bonchev–Trinajstić information content (AvgIpc) is 3.18. The second-order valence-electron chi connectivity index (χ2n) is 6.40. The Balaban J connectivity index is 1.69. The van der Waals surface area contributed by atoms with Crippen LogP contribution >= 0.6 is 0 Å². The van der Waals surface area contributed by atoms with Crippen LogP contribution < -0.4 is 5.32 Å². The lowest BCUT2D eigenvalue weighted by Crippen LogP contribution is -2.20. The van der Waals surface area contributed by atoms with E-state index in [-0.39, 0.29) is 5.41 Å². The molecule has 0 spiro atoms. The zero-order valence-electron chi connectivity index (χ0n) is 12.8. The molecule has 0 saturated carbocycles. The standard InChI is InChI=1S/C17H23N3O/c1-17(2,14-6-4-3-5-7-14)16-19-15(21-20-16)9-8-13-10-11-18-12-13/h3-7,13,18H,8-12H2,1-2H3. The van der Waals surface area contributed by atoms with Gasteiger partial charge in [-0.1, -0.05) is 35.5 Å². The highest BCUT2D eigenvalue weighted by Crippen LogP contribution is 2.29. The van der Waals surface area contributed by atoms with Gasteiger partial charge >= 0.3 is 0 Å². The topological polar surface area (TPSA) is 51.0 Å². The second kappa shape index (κ2) is 5.98. The molecule has 1 atom stereocenters. The lowest BCUT2D eigenvalue weighted by molar-refractivity contribution is 0.355. The summed E-state index contributed by atoms with van der Waals surface area (Å²) in [7, 11) is 0. The molecule has 21 heavy (non-hydrogen) atoms. The number of rotatable bonds is 5. The van der Waals surface area contributed by atoms with Gasteiger partial charge in [-0.3, -0.25) is 0 Å². The van der Waals surface area contributed by atoms with E-state index in [4.69, 9.17) is 4.52 Å². The monoisotopic (exact) mass is 285 g/mol. The Labute approximate surface area is 126 Å². The SMILES string of the molecule is CC(C)(c1ccccc1)c1noc(CCC2CCNC2)n1. The maximum Gasteiger partial charge on any atom is 0.226 e. The number of benzene rings is 1. The molecular weight excluding hydrogens is 262 g/mol. The van der Waals surface area contributed by atoms with Crippen molar-refractivity contribution in [1.29, 1.82) is 0 Å². The minimum absolute atomic E-state index is 0.224. The fourth-order valence-corrected chi connectivity index (χ4v) is 2.88. The summed E-state index contributed by atoms with van der Waals surface area (Å²) in [6.45, 7) is 6.53. The Kier molecular flexibility index (Phi) is 4.06. The van der Waals surface area contributed by atoms with Crippen molar-refractivity contribution < 1.29 is 4.52 Å². The summed E-state index contributed by atoms with van der Waals surface area (Å²) in [5.74, 6) is 2.29. The first-order valence-corrected chi connectivity index (χ1v) is 7.75. The van der Waals surface area contributed by atoms with Crippen LogP contribution in [0.3, 0.4) is 0 Å². The van der Waals surface area contributed by atoms with E-state index in [1.807, 2.05) is 18.2 Å². The summed E-state index contributed by atoms with van der Waals surface area (Å²) in [5, 5.41) is 7.60. The molecule has 112 valence electrons. The summed E-state index contributed by atoms with van der Waals surface area (Å²) >= 11 is 0. The Bertz CT molecular complexity index is 571. The van der Waals surface area contributed by atoms with Gasteiger partial charge in [0.05, 0.1) is 5.41 Å². The third kappa shape index (κ3) is 3.16. The number of aryl methyl sites for hydroxylation is 1. The Morgan fingerprint density at radius 3 is 2.81 bits per heavy atom. The van der Waals surface area contributed by atoms with Crippen molar-refractivity contribution >= 4 is 0 Å². The van der Waals surface area contributed by atoms with Gasteiger partial charge in [-0.25, -0.2) is 0 Å². The summed E-state index contributed by atoms with van der Waals surface area (Å²) in [4.78, 5) is 4.62. The molecule has 3 rings (SSSR count). The van der Waals surface area contributed by atoms with E-state index in [1.165, 1.54) is 12.0 Å². The van der Waals surface area contributed by atoms with Crippen LogP contribution in [0.2, 0.25) is 0 Å². The predicted octanol–water partition coefficient (Wildman–Crippen LogP) is 2.94. The molecule has 1 aliphatic rings. The summed E-state index contributed by atoms with van der Waals surface area (Å²) in [5.41, 5.74) is 0.982.